The summed E-state index contributed by atoms with van der Waals surface area (Å²) in [5.41, 5.74) is 3.73. The number of ether oxygens (including phenoxy) is 1. The van der Waals surface area contributed by atoms with E-state index in [9.17, 15) is 8.42 Å². The predicted molar refractivity (Wildman–Crippen MR) is 168 cm³/mol. The number of fused-ring (bicyclic) bond motifs is 1. The molecule has 2 heterocycles. The highest BCUT2D eigenvalue weighted by molar-refractivity contribution is 7.89. The van der Waals surface area contributed by atoms with E-state index in [1.165, 1.54) is 6.26 Å². The van der Waals surface area contributed by atoms with Gasteiger partial charge in [0, 0.05) is 40.8 Å². The molecule has 1 fully saturated rings. The van der Waals surface area contributed by atoms with Crippen LogP contribution in [0.5, 0.6) is 5.75 Å². The van der Waals surface area contributed by atoms with Crippen molar-refractivity contribution in [2.45, 2.75) is 82.5 Å². The summed E-state index contributed by atoms with van der Waals surface area (Å²) in [7, 11) is -4.99. The SMILES string of the molecule is CC(C)(C)[Si](C)(C)O[C@H]1CC[C@@H](Oc2c(-c3cnoc3)ccc3cnc(Nc4cccc(CS(C)(=O)=O)c4)nc23)CC1. The van der Waals surface area contributed by atoms with Crippen LogP contribution in [-0.2, 0) is 20.0 Å². The van der Waals surface area contributed by atoms with Gasteiger partial charge in [-0.3, -0.25) is 0 Å². The van der Waals surface area contributed by atoms with Gasteiger partial charge in [-0.1, -0.05) is 44.1 Å². The van der Waals surface area contributed by atoms with E-state index in [2.05, 4.69) is 49.3 Å². The largest absolute Gasteiger partial charge is 0.487 e. The third-order valence-electron chi connectivity index (χ3n) is 8.23. The second kappa shape index (κ2) is 11.8. The minimum Gasteiger partial charge on any atom is -0.487 e. The van der Waals surface area contributed by atoms with E-state index in [4.69, 9.17) is 18.7 Å². The fourth-order valence-electron chi connectivity index (χ4n) is 5.01. The number of hydrogen-bond acceptors (Lipinski definition) is 9. The molecule has 1 N–H and O–H groups in total. The molecule has 0 aliphatic heterocycles. The average molecular weight is 609 g/mol. The van der Waals surface area contributed by atoms with E-state index < -0.39 is 18.2 Å². The molecule has 0 amide bonds. The molecule has 9 nitrogen and oxygen atoms in total. The Kier molecular flexibility index (Phi) is 8.46. The van der Waals surface area contributed by atoms with Gasteiger partial charge in [0.1, 0.15) is 11.8 Å². The fraction of sp³-hybridized carbons (Fsp3) is 0.452. The van der Waals surface area contributed by atoms with Crippen LogP contribution >= 0.6 is 0 Å². The normalized spacial score (nSPS) is 18.2. The third-order valence-corrected chi connectivity index (χ3v) is 13.6. The third kappa shape index (κ3) is 7.19. The minimum absolute atomic E-state index is 0.0209. The molecule has 2 aromatic carbocycles. The molecule has 0 saturated heterocycles. The molecule has 2 aromatic heterocycles. The van der Waals surface area contributed by atoms with Crippen LogP contribution in [0.4, 0.5) is 11.6 Å². The number of rotatable bonds is 9. The zero-order chi connectivity index (χ0) is 30.1. The van der Waals surface area contributed by atoms with Gasteiger partial charge in [0.25, 0.3) is 0 Å². The Balaban J connectivity index is 1.41. The molecule has 0 unspecified atom stereocenters. The van der Waals surface area contributed by atoms with Gasteiger partial charge in [-0.05, 0) is 67.6 Å². The van der Waals surface area contributed by atoms with E-state index >= 15 is 0 Å². The van der Waals surface area contributed by atoms with Crippen LogP contribution in [0.3, 0.4) is 0 Å². The van der Waals surface area contributed by atoms with Gasteiger partial charge >= 0.3 is 0 Å². The van der Waals surface area contributed by atoms with Gasteiger partial charge in [0.15, 0.2) is 23.9 Å². The quantitative estimate of drug-likeness (QED) is 0.196. The first-order valence-corrected chi connectivity index (χ1v) is 19.3. The summed E-state index contributed by atoms with van der Waals surface area (Å²) in [4.78, 5) is 9.38. The highest BCUT2D eigenvalue weighted by Crippen LogP contribution is 2.41. The first-order chi connectivity index (χ1) is 19.8. The average Bonchev–Trinajstić information content (AvgIpc) is 3.43. The van der Waals surface area contributed by atoms with Crippen LogP contribution < -0.4 is 10.1 Å². The van der Waals surface area contributed by atoms with Crippen molar-refractivity contribution in [3.05, 3.63) is 60.6 Å². The number of nitrogens with one attached hydrogen (secondary N) is 1. The molecular formula is C31H40N4O5SSi. The number of nitrogens with zero attached hydrogens (tertiary/aromatic N) is 3. The van der Waals surface area contributed by atoms with Gasteiger partial charge in [0.2, 0.25) is 5.95 Å². The summed E-state index contributed by atoms with van der Waals surface area (Å²) in [5.74, 6) is 1.02. The molecule has 0 radical (unpaired) electrons. The molecular weight excluding hydrogens is 569 g/mol. The standard InChI is InChI=1S/C31H40N4O5SSi/c1-31(2,3)42(5,6)40-26-13-11-25(12-14-26)39-29-27(23-18-33-38-19-23)15-10-22-17-32-30(35-28(22)29)34-24-9-7-8-21(16-24)20-41(4,36)37/h7-10,15-19,25-26H,11-14,20H2,1-6H3,(H,32,34,35)/t25-,26+. The Hall–Kier alpha value is -3.28. The van der Waals surface area contributed by atoms with Crippen molar-refractivity contribution in [3.8, 4) is 16.9 Å². The topological polar surface area (TPSA) is 116 Å². The number of anilines is 2. The Labute approximate surface area is 249 Å². The smallest absolute Gasteiger partial charge is 0.227 e. The summed E-state index contributed by atoms with van der Waals surface area (Å²) >= 11 is 0. The highest BCUT2D eigenvalue weighted by Gasteiger charge is 2.40. The predicted octanol–water partition coefficient (Wildman–Crippen LogP) is 7.28. The molecule has 224 valence electrons. The number of sulfone groups is 1. The summed E-state index contributed by atoms with van der Waals surface area (Å²) < 4.78 is 42.2. The number of benzene rings is 2. The van der Waals surface area contributed by atoms with E-state index in [0.29, 0.717) is 28.5 Å². The lowest BCUT2D eigenvalue weighted by Crippen LogP contribution is -2.45. The lowest BCUT2D eigenvalue weighted by atomic mass is 9.95. The molecule has 0 bridgehead atoms. The van der Waals surface area contributed by atoms with E-state index in [1.807, 2.05) is 24.3 Å². The molecule has 1 aliphatic carbocycles. The zero-order valence-corrected chi connectivity index (χ0v) is 27.0. The Bertz CT molecular complexity index is 1640. The molecule has 4 aromatic rings. The molecule has 11 heteroatoms. The lowest BCUT2D eigenvalue weighted by Gasteiger charge is -2.41. The van der Waals surface area contributed by atoms with Crippen molar-refractivity contribution in [2.75, 3.05) is 11.6 Å². The van der Waals surface area contributed by atoms with Crippen LogP contribution in [-0.4, -0.2) is 50.3 Å². The summed E-state index contributed by atoms with van der Waals surface area (Å²) in [5, 5.41) is 8.16. The Morgan fingerprint density at radius 3 is 2.45 bits per heavy atom. The lowest BCUT2D eigenvalue weighted by molar-refractivity contribution is 0.0735. The molecule has 1 saturated carbocycles. The number of aromatic nitrogens is 3. The van der Waals surface area contributed by atoms with E-state index in [1.54, 1.807) is 30.8 Å². The summed E-state index contributed by atoms with van der Waals surface area (Å²) in [6, 6.07) is 11.2. The summed E-state index contributed by atoms with van der Waals surface area (Å²) in [6.45, 7) is 11.4. The van der Waals surface area contributed by atoms with Crippen LogP contribution in [0, 0.1) is 0 Å². The van der Waals surface area contributed by atoms with Crippen LogP contribution in [0.15, 0.2) is 59.6 Å². The Morgan fingerprint density at radius 1 is 1.05 bits per heavy atom. The molecule has 1 aliphatic rings. The first-order valence-electron chi connectivity index (χ1n) is 14.4. The van der Waals surface area contributed by atoms with E-state index in [-0.39, 0.29) is 23.0 Å². The summed E-state index contributed by atoms with van der Waals surface area (Å²) in [6.07, 6.45) is 10.2. The number of hydrogen-bond donors (Lipinski definition) is 1. The van der Waals surface area contributed by atoms with Crippen molar-refractivity contribution in [3.63, 3.8) is 0 Å². The van der Waals surface area contributed by atoms with Crippen molar-refractivity contribution < 1.29 is 22.1 Å². The minimum atomic E-state index is -3.16. The van der Waals surface area contributed by atoms with Crippen molar-refractivity contribution in [1.82, 2.24) is 15.1 Å². The van der Waals surface area contributed by atoms with Crippen LogP contribution in [0.25, 0.3) is 22.0 Å². The second-order valence-electron chi connectivity index (χ2n) is 12.8. The van der Waals surface area contributed by atoms with Crippen molar-refractivity contribution in [1.29, 1.82) is 0 Å². The molecule has 5 rings (SSSR count). The van der Waals surface area contributed by atoms with Gasteiger partial charge in [0.05, 0.1) is 18.1 Å². The fourth-order valence-corrected chi connectivity index (χ4v) is 7.22. The van der Waals surface area contributed by atoms with E-state index in [0.717, 1.165) is 42.2 Å². The maximum absolute atomic E-state index is 11.8. The first kappa shape index (κ1) is 30.2. The van der Waals surface area contributed by atoms with Gasteiger partial charge in [-0.15, -0.1) is 0 Å². The molecule has 0 atom stereocenters. The second-order valence-corrected chi connectivity index (χ2v) is 19.7. The Morgan fingerprint density at radius 2 is 1.79 bits per heavy atom. The molecule has 42 heavy (non-hydrogen) atoms. The van der Waals surface area contributed by atoms with Gasteiger partial charge in [-0.25, -0.2) is 18.4 Å². The highest BCUT2D eigenvalue weighted by atomic mass is 32.2. The van der Waals surface area contributed by atoms with Crippen molar-refractivity contribution in [2.24, 2.45) is 0 Å². The molecule has 0 spiro atoms. The van der Waals surface area contributed by atoms with Gasteiger partial charge < -0.3 is 19.0 Å². The van der Waals surface area contributed by atoms with Gasteiger partial charge in [-0.2, -0.15) is 0 Å². The zero-order valence-electron chi connectivity index (χ0n) is 25.2. The maximum Gasteiger partial charge on any atom is 0.227 e. The maximum atomic E-state index is 11.8. The van der Waals surface area contributed by atoms with Crippen molar-refractivity contribution >= 4 is 40.7 Å². The van der Waals surface area contributed by atoms with Crippen LogP contribution in [0.1, 0.15) is 52.0 Å². The van der Waals surface area contributed by atoms with Crippen LogP contribution in [0.2, 0.25) is 18.1 Å². The monoisotopic (exact) mass is 608 g/mol.